The number of ether oxygens (including phenoxy) is 1. The third-order valence-electron chi connectivity index (χ3n) is 2.13. The van der Waals surface area contributed by atoms with Crippen molar-refractivity contribution in [2.45, 2.75) is 19.2 Å². The second-order valence-electron chi connectivity index (χ2n) is 3.34. The smallest absolute Gasteiger partial charge is 0.233 e. The zero-order valence-corrected chi connectivity index (χ0v) is 7.90. The van der Waals surface area contributed by atoms with Crippen LogP contribution < -0.4 is 10.1 Å². The second-order valence-corrected chi connectivity index (χ2v) is 3.34. The van der Waals surface area contributed by atoms with Crippen molar-refractivity contribution in [1.29, 1.82) is 0 Å². The van der Waals surface area contributed by atoms with Crippen molar-refractivity contribution in [3.63, 3.8) is 0 Å². The molecule has 1 fully saturated rings. The molecule has 2 heterocycles. The van der Waals surface area contributed by atoms with Crippen molar-refractivity contribution >= 4 is 0 Å². The summed E-state index contributed by atoms with van der Waals surface area (Å²) < 4.78 is 18.4. The van der Waals surface area contributed by atoms with Gasteiger partial charge in [0.1, 0.15) is 6.10 Å². The Kier molecular flexibility index (Phi) is 2.58. The number of hydrogen-bond donors (Lipinski definition) is 1. The lowest BCUT2D eigenvalue weighted by atomic mass is 10.3. The summed E-state index contributed by atoms with van der Waals surface area (Å²) in [6.45, 7) is 2.71. The Labute approximate surface area is 81.5 Å². The topological polar surface area (TPSA) is 47.0 Å². The summed E-state index contributed by atoms with van der Waals surface area (Å²) in [4.78, 5) is 0. The van der Waals surface area contributed by atoms with E-state index in [0.717, 1.165) is 5.69 Å². The van der Waals surface area contributed by atoms with Gasteiger partial charge in [0.2, 0.25) is 5.88 Å². The third kappa shape index (κ3) is 1.98. The highest BCUT2D eigenvalue weighted by Gasteiger charge is 2.28. The molecule has 1 aliphatic heterocycles. The number of aromatic nitrogens is 2. The highest BCUT2D eigenvalue weighted by Crippen LogP contribution is 2.13. The van der Waals surface area contributed by atoms with Gasteiger partial charge in [0.25, 0.3) is 0 Å². The van der Waals surface area contributed by atoms with Crippen LogP contribution in [-0.2, 0) is 0 Å². The van der Waals surface area contributed by atoms with E-state index in [1.165, 1.54) is 0 Å². The van der Waals surface area contributed by atoms with E-state index in [4.69, 9.17) is 4.74 Å². The molecule has 0 spiro atoms. The lowest BCUT2D eigenvalue weighted by molar-refractivity contribution is 0.133. The molecule has 1 aromatic heterocycles. The quantitative estimate of drug-likeness (QED) is 0.748. The van der Waals surface area contributed by atoms with Gasteiger partial charge in [-0.3, -0.25) is 0 Å². The average molecular weight is 197 g/mol. The molecule has 5 heteroatoms. The molecular formula is C9H12FN3O. The number of rotatable bonds is 2. The van der Waals surface area contributed by atoms with E-state index in [1.807, 2.05) is 6.92 Å². The van der Waals surface area contributed by atoms with Crippen molar-refractivity contribution in [2.24, 2.45) is 0 Å². The van der Waals surface area contributed by atoms with Crippen LogP contribution >= 0.6 is 0 Å². The summed E-state index contributed by atoms with van der Waals surface area (Å²) in [5.74, 6) is 0.381. The maximum Gasteiger partial charge on any atom is 0.233 e. The van der Waals surface area contributed by atoms with E-state index < -0.39 is 12.3 Å². The van der Waals surface area contributed by atoms with Crippen LogP contribution in [0.2, 0.25) is 0 Å². The van der Waals surface area contributed by atoms with Crippen LogP contribution in [0.3, 0.4) is 0 Å². The van der Waals surface area contributed by atoms with Gasteiger partial charge in [0.15, 0.2) is 6.17 Å². The summed E-state index contributed by atoms with van der Waals surface area (Å²) in [5.41, 5.74) is 0.818. The van der Waals surface area contributed by atoms with Crippen LogP contribution in [-0.4, -0.2) is 35.6 Å². The zero-order valence-electron chi connectivity index (χ0n) is 7.90. The van der Waals surface area contributed by atoms with Crippen molar-refractivity contribution in [3.8, 4) is 5.88 Å². The molecule has 1 saturated heterocycles. The fraction of sp³-hybridized carbons (Fsp3) is 0.556. The summed E-state index contributed by atoms with van der Waals surface area (Å²) in [6.07, 6.45) is -1.40. The molecule has 0 aromatic carbocycles. The minimum Gasteiger partial charge on any atom is -0.469 e. The predicted molar refractivity (Wildman–Crippen MR) is 49.0 cm³/mol. The van der Waals surface area contributed by atoms with E-state index in [1.54, 1.807) is 12.1 Å². The van der Waals surface area contributed by atoms with Crippen molar-refractivity contribution in [1.82, 2.24) is 15.5 Å². The molecular weight excluding hydrogens is 185 g/mol. The van der Waals surface area contributed by atoms with E-state index in [9.17, 15) is 4.39 Å². The molecule has 0 saturated carbocycles. The highest BCUT2D eigenvalue weighted by atomic mass is 19.1. The van der Waals surface area contributed by atoms with Crippen molar-refractivity contribution in [2.75, 3.05) is 13.1 Å². The highest BCUT2D eigenvalue weighted by molar-refractivity contribution is 5.11. The van der Waals surface area contributed by atoms with Gasteiger partial charge in [-0.05, 0) is 13.0 Å². The maximum absolute atomic E-state index is 13.1. The van der Waals surface area contributed by atoms with Gasteiger partial charge < -0.3 is 10.1 Å². The Bertz CT molecular complexity index is 303. The van der Waals surface area contributed by atoms with Crippen LogP contribution in [0.4, 0.5) is 4.39 Å². The predicted octanol–water partition coefficient (Wildman–Crippen LogP) is 0.474. The molecule has 0 radical (unpaired) electrons. The van der Waals surface area contributed by atoms with Gasteiger partial charge in [0, 0.05) is 19.2 Å². The lowest BCUT2D eigenvalue weighted by Crippen LogP contribution is -2.27. The Morgan fingerprint density at radius 1 is 1.43 bits per heavy atom. The molecule has 2 unspecified atom stereocenters. The van der Waals surface area contributed by atoms with Gasteiger partial charge in [-0.2, -0.15) is 5.10 Å². The summed E-state index contributed by atoms with van der Waals surface area (Å²) in [6, 6.07) is 3.49. The van der Waals surface area contributed by atoms with E-state index in [2.05, 4.69) is 15.5 Å². The van der Waals surface area contributed by atoms with Crippen molar-refractivity contribution < 1.29 is 9.13 Å². The van der Waals surface area contributed by atoms with Gasteiger partial charge in [0.05, 0.1) is 5.69 Å². The first-order valence-corrected chi connectivity index (χ1v) is 4.57. The fourth-order valence-electron chi connectivity index (χ4n) is 1.34. The van der Waals surface area contributed by atoms with Crippen LogP contribution in [0.1, 0.15) is 5.69 Å². The molecule has 0 bridgehead atoms. The summed E-state index contributed by atoms with van der Waals surface area (Å²) in [5, 5.41) is 10.5. The maximum atomic E-state index is 13.1. The molecule has 1 N–H and O–H groups in total. The molecule has 2 rings (SSSR count). The summed E-state index contributed by atoms with van der Waals surface area (Å²) in [7, 11) is 0. The summed E-state index contributed by atoms with van der Waals surface area (Å²) >= 11 is 0. The molecule has 1 aromatic rings. The number of aryl methyl sites for hydroxylation is 1. The van der Waals surface area contributed by atoms with E-state index in [0.29, 0.717) is 19.0 Å². The number of alkyl halides is 1. The fourth-order valence-corrected chi connectivity index (χ4v) is 1.34. The Balaban J connectivity index is 2.00. The molecule has 0 amide bonds. The molecule has 4 nitrogen and oxygen atoms in total. The van der Waals surface area contributed by atoms with Crippen LogP contribution in [0, 0.1) is 6.92 Å². The first-order chi connectivity index (χ1) is 6.75. The first-order valence-electron chi connectivity index (χ1n) is 4.57. The minimum atomic E-state index is -0.960. The number of halogens is 1. The minimum absolute atomic E-state index is 0.351. The van der Waals surface area contributed by atoms with Gasteiger partial charge in [-0.15, -0.1) is 5.10 Å². The normalized spacial score (nSPS) is 26.4. The average Bonchev–Trinajstić information content (AvgIpc) is 2.56. The molecule has 1 aliphatic rings. The molecule has 14 heavy (non-hydrogen) atoms. The monoisotopic (exact) mass is 197 g/mol. The second kappa shape index (κ2) is 3.88. The molecule has 0 aliphatic carbocycles. The van der Waals surface area contributed by atoms with Crippen LogP contribution in [0.15, 0.2) is 12.1 Å². The Morgan fingerprint density at radius 3 is 2.86 bits per heavy atom. The standard InChI is InChI=1S/C9H12FN3O/c1-6-2-3-9(13-12-6)14-8-5-11-4-7(8)10/h2-3,7-8,11H,4-5H2,1H3. The van der Waals surface area contributed by atoms with E-state index >= 15 is 0 Å². The third-order valence-corrected chi connectivity index (χ3v) is 2.13. The van der Waals surface area contributed by atoms with Gasteiger partial charge in [-0.1, -0.05) is 0 Å². The molecule has 2 atom stereocenters. The SMILES string of the molecule is Cc1ccc(OC2CNCC2F)nn1. The largest absolute Gasteiger partial charge is 0.469 e. The number of nitrogens with zero attached hydrogens (tertiary/aromatic N) is 2. The first kappa shape index (κ1) is 9.33. The van der Waals surface area contributed by atoms with Crippen LogP contribution in [0.25, 0.3) is 0 Å². The van der Waals surface area contributed by atoms with Crippen molar-refractivity contribution in [3.05, 3.63) is 17.8 Å². The lowest BCUT2D eigenvalue weighted by Gasteiger charge is -2.12. The Morgan fingerprint density at radius 2 is 2.29 bits per heavy atom. The number of hydrogen-bond acceptors (Lipinski definition) is 4. The van der Waals surface area contributed by atoms with Crippen LogP contribution in [0.5, 0.6) is 5.88 Å². The zero-order chi connectivity index (χ0) is 9.97. The number of nitrogens with one attached hydrogen (secondary N) is 1. The Hall–Kier alpha value is -1.23. The van der Waals surface area contributed by atoms with E-state index in [-0.39, 0.29) is 0 Å². The van der Waals surface area contributed by atoms with Gasteiger partial charge >= 0.3 is 0 Å². The molecule has 76 valence electrons. The van der Waals surface area contributed by atoms with Gasteiger partial charge in [-0.25, -0.2) is 4.39 Å².